The predicted octanol–water partition coefficient (Wildman–Crippen LogP) is 2.39. The Hall–Kier alpha value is -0.420. The number of likely N-dealkylation sites (N-methyl/N-ethyl adjacent to an activating group) is 1. The Morgan fingerprint density at radius 2 is 2.05 bits per heavy atom. The molecule has 106 valence electrons. The lowest BCUT2D eigenvalue weighted by Gasteiger charge is -2.39. The molecule has 2 unspecified atom stereocenters. The number of aryl methyl sites for hydroxylation is 1. The molecule has 3 rings (SSSR count). The lowest BCUT2D eigenvalue weighted by atomic mass is 9.91. The van der Waals surface area contributed by atoms with Gasteiger partial charge in [0.1, 0.15) is 0 Å². The van der Waals surface area contributed by atoms with E-state index in [9.17, 15) is 0 Å². The molecule has 1 fully saturated rings. The van der Waals surface area contributed by atoms with Crippen LogP contribution in [0.5, 0.6) is 0 Å². The zero-order chi connectivity index (χ0) is 13.4. The van der Waals surface area contributed by atoms with E-state index in [1.165, 1.54) is 50.3 Å². The van der Waals surface area contributed by atoms with Crippen molar-refractivity contribution < 1.29 is 0 Å². The molecule has 3 nitrogen and oxygen atoms in total. The molecule has 19 heavy (non-hydrogen) atoms. The fraction of sp³-hybridized carbons (Fsp3) is 0.733. The minimum Gasteiger partial charge on any atom is -0.324 e. The minimum absolute atomic E-state index is 0.184. The highest BCUT2D eigenvalue weighted by Crippen LogP contribution is 2.40. The van der Waals surface area contributed by atoms with Crippen molar-refractivity contribution in [2.24, 2.45) is 5.73 Å². The van der Waals surface area contributed by atoms with Crippen LogP contribution in [0, 0.1) is 0 Å². The molecule has 2 N–H and O–H groups in total. The standard InChI is InChI=1S/C15H25N3S/c1-11(16)15-10-12-13(4-3-5-14(12)19-15)18-8-6-17(2)7-9-18/h10-11,13H,3-9,16H2,1-2H3. The maximum absolute atomic E-state index is 6.06. The first-order chi connectivity index (χ1) is 9.15. The fourth-order valence-electron chi connectivity index (χ4n) is 3.29. The summed E-state index contributed by atoms with van der Waals surface area (Å²) in [4.78, 5) is 8.09. The first-order valence-electron chi connectivity index (χ1n) is 7.46. The van der Waals surface area contributed by atoms with Gasteiger partial charge >= 0.3 is 0 Å². The third kappa shape index (κ3) is 2.72. The van der Waals surface area contributed by atoms with Gasteiger partial charge in [0.2, 0.25) is 0 Å². The van der Waals surface area contributed by atoms with E-state index in [1.807, 2.05) is 11.3 Å². The second kappa shape index (κ2) is 5.52. The molecule has 0 bridgehead atoms. The van der Waals surface area contributed by atoms with Gasteiger partial charge in [-0.2, -0.15) is 0 Å². The summed E-state index contributed by atoms with van der Waals surface area (Å²) in [7, 11) is 2.22. The van der Waals surface area contributed by atoms with Gasteiger partial charge in [0.25, 0.3) is 0 Å². The second-order valence-corrected chi connectivity index (χ2v) is 7.23. The van der Waals surface area contributed by atoms with E-state index in [2.05, 4.69) is 29.8 Å². The van der Waals surface area contributed by atoms with Crippen molar-refractivity contribution in [3.63, 3.8) is 0 Å². The molecule has 1 aromatic rings. The number of rotatable bonds is 2. The summed E-state index contributed by atoms with van der Waals surface area (Å²) in [5.41, 5.74) is 7.65. The van der Waals surface area contributed by atoms with E-state index in [4.69, 9.17) is 5.73 Å². The minimum atomic E-state index is 0.184. The van der Waals surface area contributed by atoms with Crippen LogP contribution >= 0.6 is 11.3 Å². The van der Waals surface area contributed by atoms with Crippen molar-refractivity contribution >= 4 is 11.3 Å². The van der Waals surface area contributed by atoms with Crippen molar-refractivity contribution in [2.45, 2.75) is 38.3 Å². The van der Waals surface area contributed by atoms with Crippen LogP contribution in [0.2, 0.25) is 0 Å². The smallest absolute Gasteiger partial charge is 0.0361 e. The van der Waals surface area contributed by atoms with Crippen LogP contribution in [0.3, 0.4) is 0 Å². The number of piperazine rings is 1. The number of thiophene rings is 1. The third-order valence-corrected chi connectivity index (χ3v) is 5.94. The Labute approximate surface area is 120 Å². The lowest BCUT2D eigenvalue weighted by molar-refractivity contribution is 0.103. The van der Waals surface area contributed by atoms with Gasteiger partial charge < -0.3 is 10.6 Å². The van der Waals surface area contributed by atoms with Crippen molar-refractivity contribution in [1.82, 2.24) is 9.80 Å². The number of hydrogen-bond donors (Lipinski definition) is 1. The monoisotopic (exact) mass is 279 g/mol. The molecule has 1 aromatic heterocycles. The van der Waals surface area contributed by atoms with Crippen LogP contribution in [0.4, 0.5) is 0 Å². The molecule has 0 saturated carbocycles. The van der Waals surface area contributed by atoms with Crippen LogP contribution in [-0.4, -0.2) is 43.0 Å². The molecule has 1 aliphatic carbocycles. The van der Waals surface area contributed by atoms with E-state index in [0.29, 0.717) is 6.04 Å². The largest absolute Gasteiger partial charge is 0.324 e. The highest BCUT2D eigenvalue weighted by Gasteiger charge is 2.29. The number of nitrogens with two attached hydrogens (primary N) is 1. The highest BCUT2D eigenvalue weighted by atomic mass is 32.1. The lowest BCUT2D eigenvalue weighted by Crippen LogP contribution is -2.46. The molecule has 2 atom stereocenters. The van der Waals surface area contributed by atoms with E-state index in [0.717, 1.165) is 0 Å². The molecule has 0 radical (unpaired) electrons. The highest BCUT2D eigenvalue weighted by molar-refractivity contribution is 7.12. The Morgan fingerprint density at radius 3 is 2.74 bits per heavy atom. The second-order valence-electron chi connectivity index (χ2n) is 6.06. The quantitative estimate of drug-likeness (QED) is 0.902. The number of fused-ring (bicyclic) bond motifs is 1. The molecule has 1 saturated heterocycles. The molecular formula is C15H25N3S. The molecular weight excluding hydrogens is 254 g/mol. The zero-order valence-electron chi connectivity index (χ0n) is 12.1. The summed E-state index contributed by atoms with van der Waals surface area (Å²) >= 11 is 1.95. The zero-order valence-corrected chi connectivity index (χ0v) is 12.9. The van der Waals surface area contributed by atoms with Gasteiger partial charge in [-0.15, -0.1) is 11.3 Å². The van der Waals surface area contributed by atoms with Crippen molar-refractivity contribution in [2.75, 3.05) is 33.2 Å². The Balaban J connectivity index is 1.81. The van der Waals surface area contributed by atoms with E-state index >= 15 is 0 Å². The molecule has 1 aliphatic heterocycles. The van der Waals surface area contributed by atoms with Crippen molar-refractivity contribution in [3.05, 3.63) is 21.4 Å². The molecule has 0 aromatic carbocycles. The van der Waals surface area contributed by atoms with E-state index < -0.39 is 0 Å². The molecule has 2 aliphatic rings. The first-order valence-corrected chi connectivity index (χ1v) is 8.27. The molecule has 2 heterocycles. The molecule has 0 spiro atoms. The number of nitrogens with zero attached hydrogens (tertiary/aromatic N) is 2. The summed E-state index contributed by atoms with van der Waals surface area (Å²) in [6.07, 6.45) is 3.92. The van der Waals surface area contributed by atoms with Gasteiger partial charge in [-0.05, 0) is 44.9 Å². The summed E-state index contributed by atoms with van der Waals surface area (Å²) < 4.78 is 0. The summed E-state index contributed by atoms with van der Waals surface area (Å²) in [5, 5.41) is 0. The van der Waals surface area contributed by atoms with Crippen LogP contribution < -0.4 is 5.73 Å². The normalized spacial score (nSPS) is 27.2. The van der Waals surface area contributed by atoms with Crippen molar-refractivity contribution in [3.8, 4) is 0 Å². The molecule has 0 amide bonds. The summed E-state index contributed by atoms with van der Waals surface area (Å²) in [6, 6.07) is 3.23. The van der Waals surface area contributed by atoms with E-state index in [-0.39, 0.29) is 6.04 Å². The van der Waals surface area contributed by atoms with Gasteiger partial charge in [0, 0.05) is 48.0 Å². The topological polar surface area (TPSA) is 32.5 Å². The summed E-state index contributed by atoms with van der Waals surface area (Å²) in [5.74, 6) is 0. The Kier molecular flexibility index (Phi) is 3.94. The van der Waals surface area contributed by atoms with Crippen LogP contribution in [-0.2, 0) is 6.42 Å². The maximum Gasteiger partial charge on any atom is 0.0361 e. The Morgan fingerprint density at radius 1 is 1.32 bits per heavy atom. The van der Waals surface area contributed by atoms with Crippen molar-refractivity contribution in [1.29, 1.82) is 0 Å². The predicted molar refractivity (Wildman–Crippen MR) is 81.7 cm³/mol. The fourth-order valence-corrected chi connectivity index (χ4v) is 4.51. The van der Waals surface area contributed by atoms with Gasteiger partial charge in [-0.25, -0.2) is 0 Å². The van der Waals surface area contributed by atoms with Crippen LogP contribution in [0.1, 0.15) is 47.2 Å². The van der Waals surface area contributed by atoms with Gasteiger partial charge in [-0.3, -0.25) is 4.90 Å². The van der Waals surface area contributed by atoms with Gasteiger partial charge in [0.15, 0.2) is 0 Å². The van der Waals surface area contributed by atoms with Gasteiger partial charge in [0.05, 0.1) is 0 Å². The third-order valence-electron chi connectivity index (χ3n) is 4.53. The molecule has 4 heteroatoms. The summed E-state index contributed by atoms with van der Waals surface area (Å²) in [6.45, 7) is 6.93. The average Bonchev–Trinajstić information content (AvgIpc) is 2.83. The maximum atomic E-state index is 6.06. The first kappa shape index (κ1) is 13.6. The van der Waals surface area contributed by atoms with E-state index in [1.54, 1.807) is 10.4 Å². The van der Waals surface area contributed by atoms with Crippen LogP contribution in [0.15, 0.2) is 6.07 Å². The van der Waals surface area contributed by atoms with Crippen LogP contribution in [0.25, 0.3) is 0 Å². The van der Waals surface area contributed by atoms with Gasteiger partial charge in [-0.1, -0.05) is 0 Å². The number of hydrogen-bond acceptors (Lipinski definition) is 4. The Bertz CT molecular complexity index is 433. The SMILES string of the molecule is CC(N)c1cc2c(s1)CCCC2N1CCN(C)CC1. The average molecular weight is 279 g/mol.